The molecule has 1 heterocycles. The summed E-state index contributed by atoms with van der Waals surface area (Å²) >= 11 is 3.24. The van der Waals surface area contributed by atoms with Gasteiger partial charge in [-0.15, -0.1) is 0 Å². The van der Waals surface area contributed by atoms with Gasteiger partial charge in [-0.3, -0.25) is 9.59 Å². The number of nitrogens with zero attached hydrogens (tertiary/aromatic N) is 1. The van der Waals surface area contributed by atoms with Gasteiger partial charge in [-0.05, 0) is 39.7 Å². The number of primary amides is 1. The SMILES string of the molecule is NC(=O)[C@@H](Cc1cccnc1Br)NC(=O)Cc1c(F)cccc1F. The largest absolute Gasteiger partial charge is 0.368 e. The smallest absolute Gasteiger partial charge is 0.240 e. The lowest BCUT2D eigenvalue weighted by atomic mass is 10.1. The Balaban J connectivity index is 2.09. The lowest BCUT2D eigenvalue weighted by molar-refractivity contribution is -0.127. The first-order chi connectivity index (χ1) is 11.4. The maximum absolute atomic E-state index is 13.6. The van der Waals surface area contributed by atoms with Crippen LogP contribution in [0.25, 0.3) is 0 Å². The van der Waals surface area contributed by atoms with Crippen LogP contribution in [0.15, 0.2) is 41.1 Å². The molecule has 1 atom stereocenters. The van der Waals surface area contributed by atoms with Gasteiger partial charge < -0.3 is 11.1 Å². The Hall–Kier alpha value is -2.35. The molecule has 0 radical (unpaired) electrons. The fraction of sp³-hybridized carbons (Fsp3) is 0.188. The Kier molecular flexibility index (Phi) is 5.97. The predicted molar refractivity (Wildman–Crippen MR) is 86.8 cm³/mol. The number of amides is 2. The van der Waals surface area contributed by atoms with Crippen molar-refractivity contribution in [1.82, 2.24) is 10.3 Å². The van der Waals surface area contributed by atoms with Crippen LogP contribution in [-0.2, 0) is 22.4 Å². The topological polar surface area (TPSA) is 85.1 Å². The zero-order chi connectivity index (χ0) is 17.7. The van der Waals surface area contributed by atoms with Crippen LogP contribution in [-0.4, -0.2) is 22.8 Å². The second-order valence-corrected chi connectivity index (χ2v) is 5.81. The van der Waals surface area contributed by atoms with Gasteiger partial charge in [0.1, 0.15) is 22.3 Å². The molecular weight excluding hydrogens is 384 g/mol. The molecule has 1 aromatic heterocycles. The maximum Gasteiger partial charge on any atom is 0.240 e. The van der Waals surface area contributed by atoms with Crippen molar-refractivity contribution in [3.05, 3.63) is 63.9 Å². The molecule has 0 aliphatic rings. The normalized spacial score (nSPS) is 11.8. The standard InChI is InChI=1S/C16H14BrF2N3O2/c17-15-9(3-2-6-21-15)7-13(16(20)24)22-14(23)8-10-11(18)4-1-5-12(10)19/h1-6,13H,7-8H2,(H2,20,24)(H,22,23)/t13-/m1/s1. The molecule has 0 saturated heterocycles. The van der Waals surface area contributed by atoms with E-state index in [0.717, 1.165) is 12.1 Å². The minimum atomic E-state index is -1.02. The molecule has 0 spiro atoms. The Bertz CT molecular complexity index is 750. The van der Waals surface area contributed by atoms with Crippen LogP contribution in [0.1, 0.15) is 11.1 Å². The van der Waals surface area contributed by atoms with Crippen molar-refractivity contribution in [1.29, 1.82) is 0 Å². The Labute approximate surface area is 145 Å². The first-order valence-electron chi connectivity index (χ1n) is 6.99. The summed E-state index contributed by atoms with van der Waals surface area (Å²) < 4.78 is 27.7. The highest BCUT2D eigenvalue weighted by Crippen LogP contribution is 2.15. The highest BCUT2D eigenvalue weighted by Gasteiger charge is 2.21. The van der Waals surface area contributed by atoms with E-state index in [4.69, 9.17) is 5.73 Å². The fourth-order valence-corrected chi connectivity index (χ4v) is 2.53. The van der Waals surface area contributed by atoms with E-state index in [0.29, 0.717) is 10.2 Å². The molecule has 2 rings (SSSR count). The third-order valence-electron chi connectivity index (χ3n) is 3.34. The molecule has 1 aromatic carbocycles. The number of carbonyl (C=O) groups excluding carboxylic acids is 2. The first-order valence-corrected chi connectivity index (χ1v) is 7.78. The average molecular weight is 398 g/mol. The second kappa shape index (κ2) is 7.96. The first kappa shape index (κ1) is 18.0. The molecule has 0 fully saturated rings. The molecule has 8 heteroatoms. The quantitative estimate of drug-likeness (QED) is 0.729. The van der Waals surface area contributed by atoms with Crippen LogP contribution in [0.3, 0.4) is 0 Å². The van der Waals surface area contributed by atoms with Gasteiger partial charge in [-0.1, -0.05) is 12.1 Å². The van der Waals surface area contributed by atoms with E-state index in [1.54, 1.807) is 18.3 Å². The van der Waals surface area contributed by atoms with Crippen molar-refractivity contribution in [2.45, 2.75) is 18.9 Å². The molecule has 2 amide bonds. The van der Waals surface area contributed by atoms with Crippen molar-refractivity contribution in [3.8, 4) is 0 Å². The van der Waals surface area contributed by atoms with E-state index in [-0.39, 0.29) is 12.0 Å². The zero-order valence-corrected chi connectivity index (χ0v) is 14.0. The van der Waals surface area contributed by atoms with Crippen molar-refractivity contribution in [3.63, 3.8) is 0 Å². The lowest BCUT2D eigenvalue weighted by Gasteiger charge is -2.16. The van der Waals surface area contributed by atoms with Crippen LogP contribution >= 0.6 is 15.9 Å². The van der Waals surface area contributed by atoms with E-state index < -0.39 is 35.9 Å². The van der Waals surface area contributed by atoms with Gasteiger partial charge in [0.25, 0.3) is 0 Å². The van der Waals surface area contributed by atoms with Crippen molar-refractivity contribution in [2.75, 3.05) is 0 Å². The summed E-state index contributed by atoms with van der Waals surface area (Å²) in [7, 11) is 0. The molecule has 2 aromatic rings. The van der Waals surface area contributed by atoms with E-state index in [2.05, 4.69) is 26.2 Å². The van der Waals surface area contributed by atoms with E-state index in [9.17, 15) is 18.4 Å². The van der Waals surface area contributed by atoms with Gasteiger partial charge >= 0.3 is 0 Å². The Morgan fingerprint density at radius 2 is 1.88 bits per heavy atom. The second-order valence-electron chi connectivity index (χ2n) is 5.06. The number of benzene rings is 1. The van der Waals surface area contributed by atoms with Crippen molar-refractivity contribution >= 4 is 27.7 Å². The summed E-state index contributed by atoms with van der Waals surface area (Å²) in [5, 5.41) is 2.40. The number of nitrogens with two attached hydrogens (primary N) is 1. The highest BCUT2D eigenvalue weighted by molar-refractivity contribution is 9.10. The van der Waals surface area contributed by atoms with Gasteiger partial charge in [0.05, 0.1) is 6.42 Å². The number of aromatic nitrogens is 1. The fourth-order valence-electron chi connectivity index (χ4n) is 2.12. The summed E-state index contributed by atoms with van der Waals surface area (Å²) in [6, 6.07) is 5.70. The number of halogens is 3. The molecule has 0 unspecified atom stereocenters. The minimum absolute atomic E-state index is 0.106. The summed E-state index contributed by atoms with van der Waals surface area (Å²) in [5.74, 6) is -3.11. The summed E-state index contributed by atoms with van der Waals surface area (Å²) in [6.07, 6.45) is 1.14. The summed E-state index contributed by atoms with van der Waals surface area (Å²) in [6.45, 7) is 0. The lowest BCUT2D eigenvalue weighted by Crippen LogP contribution is -2.46. The van der Waals surface area contributed by atoms with Gasteiger partial charge in [-0.2, -0.15) is 0 Å². The number of nitrogens with one attached hydrogen (secondary N) is 1. The molecular formula is C16H14BrF2N3O2. The van der Waals surface area contributed by atoms with Gasteiger partial charge in [-0.25, -0.2) is 13.8 Å². The zero-order valence-electron chi connectivity index (χ0n) is 12.4. The molecule has 0 aliphatic carbocycles. The van der Waals surface area contributed by atoms with E-state index in [1.807, 2.05) is 0 Å². The van der Waals surface area contributed by atoms with Gasteiger partial charge in [0.2, 0.25) is 11.8 Å². The maximum atomic E-state index is 13.6. The third-order valence-corrected chi connectivity index (χ3v) is 4.05. The molecule has 5 nitrogen and oxygen atoms in total. The Morgan fingerprint density at radius 1 is 1.21 bits per heavy atom. The number of carbonyl (C=O) groups is 2. The molecule has 0 bridgehead atoms. The van der Waals surface area contributed by atoms with Crippen LogP contribution in [0, 0.1) is 11.6 Å². The van der Waals surface area contributed by atoms with Gasteiger partial charge in [0, 0.05) is 18.2 Å². The highest BCUT2D eigenvalue weighted by atomic mass is 79.9. The van der Waals surface area contributed by atoms with Gasteiger partial charge in [0.15, 0.2) is 0 Å². The molecule has 3 N–H and O–H groups in total. The minimum Gasteiger partial charge on any atom is -0.368 e. The van der Waals surface area contributed by atoms with E-state index in [1.165, 1.54) is 6.07 Å². The molecule has 0 aliphatic heterocycles. The average Bonchev–Trinajstić information content (AvgIpc) is 2.52. The number of pyridine rings is 1. The predicted octanol–water partition coefficient (Wildman–Crippen LogP) is 1.88. The van der Waals surface area contributed by atoms with Crippen LogP contribution in [0.4, 0.5) is 8.78 Å². The third kappa shape index (κ3) is 4.58. The van der Waals surface area contributed by atoms with Crippen LogP contribution in [0.2, 0.25) is 0 Å². The molecule has 24 heavy (non-hydrogen) atoms. The number of rotatable bonds is 6. The number of hydrogen-bond donors (Lipinski definition) is 2. The number of hydrogen-bond acceptors (Lipinski definition) is 3. The molecule has 0 saturated carbocycles. The Morgan fingerprint density at radius 3 is 2.46 bits per heavy atom. The molecule has 126 valence electrons. The summed E-state index contributed by atoms with van der Waals surface area (Å²) in [4.78, 5) is 27.6. The van der Waals surface area contributed by atoms with Crippen LogP contribution < -0.4 is 11.1 Å². The van der Waals surface area contributed by atoms with Crippen molar-refractivity contribution < 1.29 is 18.4 Å². The van der Waals surface area contributed by atoms with Crippen LogP contribution in [0.5, 0.6) is 0 Å². The monoisotopic (exact) mass is 397 g/mol. The van der Waals surface area contributed by atoms with Crippen molar-refractivity contribution in [2.24, 2.45) is 5.73 Å². The summed E-state index contributed by atoms with van der Waals surface area (Å²) in [5.41, 5.74) is 5.60. The van der Waals surface area contributed by atoms with E-state index >= 15 is 0 Å².